The highest BCUT2D eigenvalue weighted by atomic mass is 35.5. The zero-order valence-corrected chi connectivity index (χ0v) is 23.7. The van der Waals surface area contributed by atoms with Gasteiger partial charge in [-0.05, 0) is 50.5 Å². The van der Waals surface area contributed by atoms with Crippen LogP contribution in [0.25, 0.3) is 0 Å². The summed E-state index contributed by atoms with van der Waals surface area (Å²) < 4.78 is 6.26. The second kappa shape index (κ2) is 20.0. The van der Waals surface area contributed by atoms with Gasteiger partial charge < -0.3 is 19.1 Å². The number of halogens is 1. The number of aliphatic carboxylic acids is 1. The Hall–Kier alpha value is -1.26. The summed E-state index contributed by atoms with van der Waals surface area (Å²) in [6, 6.07) is 4.99. The van der Waals surface area contributed by atoms with Crippen LogP contribution in [0, 0.1) is 6.92 Å². The van der Waals surface area contributed by atoms with Crippen LogP contribution in [0.4, 0.5) is 0 Å². The standard InChI is InChI=1S/C19H42N.C10H11ClO3/c1-5-6-7-8-9-10-11-12-13-14-15-16-17-18-19-20(2,3)4;1-6-5-8(11)3-4-9(6)14-7(2)10(12)13/h5-19H2,1-4H3;3-5,7H,1-2H3,(H,12,13)/q+1;/p-1. The van der Waals surface area contributed by atoms with E-state index in [9.17, 15) is 9.90 Å². The lowest BCUT2D eigenvalue weighted by molar-refractivity contribution is -0.870. The Morgan fingerprint density at radius 1 is 0.882 bits per heavy atom. The Bertz CT molecular complexity index is 643. The summed E-state index contributed by atoms with van der Waals surface area (Å²) in [6.45, 7) is 6.84. The van der Waals surface area contributed by atoms with Gasteiger partial charge in [0.2, 0.25) is 0 Å². The largest absolute Gasteiger partial charge is 0.546 e. The van der Waals surface area contributed by atoms with Crippen LogP contribution in [-0.2, 0) is 4.79 Å². The minimum absolute atomic E-state index is 0.506. The van der Waals surface area contributed by atoms with Crippen molar-refractivity contribution < 1.29 is 19.1 Å². The Morgan fingerprint density at radius 2 is 1.32 bits per heavy atom. The van der Waals surface area contributed by atoms with Gasteiger partial charge in [0.05, 0.1) is 33.7 Å². The number of ether oxygens (including phenoxy) is 1. The smallest absolute Gasteiger partial charge is 0.135 e. The summed E-state index contributed by atoms with van der Waals surface area (Å²) in [6.07, 6.45) is 19.4. The number of carbonyl (C=O) groups is 1. The number of carboxylic acid groups (broad SMARTS) is 1. The van der Waals surface area contributed by atoms with E-state index in [1.807, 2.05) is 0 Å². The van der Waals surface area contributed by atoms with Crippen LogP contribution in [0.1, 0.15) is 109 Å². The molecule has 0 heterocycles. The van der Waals surface area contributed by atoms with Crippen molar-refractivity contribution in [1.82, 2.24) is 0 Å². The highest BCUT2D eigenvalue weighted by Gasteiger charge is 2.07. The average Bonchev–Trinajstić information content (AvgIpc) is 2.75. The van der Waals surface area contributed by atoms with Crippen molar-refractivity contribution in [3.8, 4) is 5.75 Å². The van der Waals surface area contributed by atoms with Crippen molar-refractivity contribution in [3.05, 3.63) is 28.8 Å². The van der Waals surface area contributed by atoms with E-state index in [0.717, 1.165) is 10.0 Å². The van der Waals surface area contributed by atoms with Gasteiger partial charge in [-0.1, -0.05) is 95.6 Å². The number of rotatable bonds is 18. The van der Waals surface area contributed by atoms with Crippen molar-refractivity contribution >= 4 is 17.6 Å². The first-order valence-corrected chi connectivity index (χ1v) is 13.9. The first kappa shape index (κ1) is 32.7. The van der Waals surface area contributed by atoms with E-state index < -0.39 is 12.1 Å². The van der Waals surface area contributed by atoms with Crippen LogP contribution in [-0.4, -0.2) is 44.2 Å². The minimum atomic E-state index is -1.24. The molecular weight excluding hydrogens is 446 g/mol. The van der Waals surface area contributed by atoms with E-state index in [2.05, 4.69) is 28.1 Å². The van der Waals surface area contributed by atoms with E-state index in [0.29, 0.717) is 10.8 Å². The number of hydrogen-bond donors (Lipinski definition) is 0. The normalized spacial score (nSPS) is 12.1. The number of carboxylic acids is 1. The van der Waals surface area contributed by atoms with Crippen molar-refractivity contribution in [2.24, 2.45) is 0 Å². The number of benzene rings is 1. The third-order valence-corrected chi connectivity index (χ3v) is 6.19. The summed E-state index contributed by atoms with van der Waals surface area (Å²) in [5, 5.41) is 11.0. The van der Waals surface area contributed by atoms with Gasteiger partial charge in [-0.3, -0.25) is 0 Å². The van der Waals surface area contributed by atoms with Crippen molar-refractivity contribution in [2.75, 3.05) is 27.7 Å². The molecule has 4 nitrogen and oxygen atoms in total. The lowest BCUT2D eigenvalue weighted by Crippen LogP contribution is -2.37. The first-order valence-electron chi connectivity index (χ1n) is 13.5. The molecule has 0 fully saturated rings. The molecule has 0 aliphatic heterocycles. The zero-order chi connectivity index (χ0) is 25.8. The van der Waals surface area contributed by atoms with Gasteiger partial charge in [0.15, 0.2) is 0 Å². The molecule has 1 atom stereocenters. The number of quaternary nitrogens is 1. The van der Waals surface area contributed by atoms with Gasteiger partial charge in [0.1, 0.15) is 11.9 Å². The number of unbranched alkanes of at least 4 members (excludes halogenated alkanes) is 13. The molecule has 0 aromatic heterocycles. The predicted octanol–water partition coefficient (Wildman–Crippen LogP) is 7.34. The maximum Gasteiger partial charge on any atom is 0.135 e. The second-order valence-corrected chi connectivity index (χ2v) is 11.0. The molecule has 1 unspecified atom stereocenters. The molecule has 0 amide bonds. The molecule has 0 N–H and O–H groups in total. The predicted molar refractivity (Wildman–Crippen MR) is 144 cm³/mol. The van der Waals surface area contributed by atoms with Crippen LogP contribution in [0.5, 0.6) is 5.75 Å². The summed E-state index contributed by atoms with van der Waals surface area (Å²) in [7, 11) is 6.88. The molecule has 0 aliphatic carbocycles. The van der Waals surface area contributed by atoms with Crippen LogP contribution in [0.3, 0.4) is 0 Å². The maximum atomic E-state index is 10.4. The summed E-state index contributed by atoms with van der Waals surface area (Å²) in [5.41, 5.74) is 0.797. The fourth-order valence-electron chi connectivity index (χ4n) is 3.76. The molecule has 0 aliphatic rings. The van der Waals surface area contributed by atoms with E-state index in [-0.39, 0.29) is 0 Å². The molecule has 1 aromatic carbocycles. The second-order valence-electron chi connectivity index (χ2n) is 10.6. The highest BCUT2D eigenvalue weighted by molar-refractivity contribution is 6.30. The fraction of sp³-hybridized carbons (Fsp3) is 0.759. The quantitative estimate of drug-likeness (QED) is 0.157. The van der Waals surface area contributed by atoms with Crippen molar-refractivity contribution in [2.45, 2.75) is 117 Å². The minimum Gasteiger partial charge on any atom is -0.546 e. The Labute approximate surface area is 215 Å². The number of carbonyl (C=O) groups excluding carboxylic acids is 1. The van der Waals surface area contributed by atoms with E-state index >= 15 is 0 Å². The van der Waals surface area contributed by atoms with E-state index in [1.54, 1.807) is 25.1 Å². The van der Waals surface area contributed by atoms with Crippen LogP contribution < -0.4 is 9.84 Å². The Kier molecular flexibility index (Phi) is 19.2. The number of aryl methyl sites for hydroxylation is 1. The lowest BCUT2D eigenvalue weighted by atomic mass is 10.0. The molecule has 0 radical (unpaired) electrons. The Balaban J connectivity index is 0.000000679. The van der Waals surface area contributed by atoms with Crippen LogP contribution in [0.2, 0.25) is 5.02 Å². The van der Waals surface area contributed by atoms with Crippen molar-refractivity contribution in [1.29, 1.82) is 0 Å². The van der Waals surface area contributed by atoms with Gasteiger partial charge in [-0.2, -0.15) is 0 Å². The van der Waals surface area contributed by atoms with Gasteiger partial charge in [0, 0.05) is 5.02 Å². The van der Waals surface area contributed by atoms with Gasteiger partial charge in [-0.25, -0.2) is 0 Å². The lowest BCUT2D eigenvalue weighted by Gasteiger charge is -2.23. The van der Waals surface area contributed by atoms with Gasteiger partial charge >= 0.3 is 0 Å². The average molecular weight is 498 g/mol. The molecule has 0 spiro atoms. The summed E-state index contributed by atoms with van der Waals surface area (Å²) in [4.78, 5) is 10.4. The van der Waals surface area contributed by atoms with Gasteiger partial charge in [0.25, 0.3) is 0 Å². The third kappa shape index (κ3) is 20.1. The summed E-state index contributed by atoms with van der Waals surface area (Å²) in [5.74, 6) is -0.731. The first-order chi connectivity index (χ1) is 16.1. The van der Waals surface area contributed by atoms with Crippen LogP contribution in [0.15, 0.2) is 18.2 Å². The fourth-order valence-corrected chi connectivity index (χ4v) is 3.99. The molecule has 0 saturated carbocycles. The van der Waals surface area contributed by atoms with E-state index in [4.69, 9.17) is 16.3 Å². The highest BCUT2D eigenvalue weighted by Crippen LogP contribution is 2.22. The molecule has 1 aromatic rings. The number of hydrogen-bond acceptors (Lipinski definition) is 3. The van der Waals surface area contributed by atoms with Crippen LogP contribution >= 0.6 is 11.6 Å². The van der Waals surface area contributed by atoms with Crippen molar-refractivity contribution in [3.63, 3.8) is 0 Å². The molecule has 0 saturated heterocycles. The monoisotopic (exact) mass is 497 g/mol. The van der Waals surface area contributed by atoms with Gasteiger partial charge in [-0.15, -0.1) is 0 Å². The molecule has 34 heavy (non-hydrogen) atoms. The number of nitrogens with zero attached hydrogens (tertiary/aromatic N) is 1. The molecule has 5 heteroatoms. The summed E-state index contributed by atoms with van der Waals surface area (Å²) >= 11 is 5.73. The third-order valence-electron chi connectivity index (χ3n) is 5.96. The topological polar surface area (TPSA) is 49.4 Å². The molecule has 0 bridgehead atoms. The Morgan fingerprint density at radius 3 is 1.71 bits per heavy atom. The maximum absolute atomic E-state index is 10.4. The molecule has 198 valence electrons. The van der Waals surface area contributed by atoms with E-state index in [1.165, 1.54) is 103 Å². The molecular formula is C29H52ClNO3. The molecule has 1 rings (SSSR count). The zero-order valence-electron chi connectivity index (χ0n) is 23.0. The SMILES string of the molecule is CCCCCCCCCCCCCCCC[N+](C)(C)C.Cc1cc(Cl)ccc1OC(C)C(=O)[O-].